The summed E-state index contributed by atoms with van der Waals surface area (Å²) in [5.74, 6) is -0.745. The molecule has 1 atom stereocenters. The fourth-order valence-corrected chi connectivity index (χ4v) is 3.69. The van der Waals surface area contributed by atoms with Crippen LogP contribution in [0.25, 0.3) is 10.9 Å². The number of esters is 1. The molecule has 0 saturated carbocycles. The summed E-state index contributed by atoms with van der Waals surface area (Å²) in [4.78, 5) is 29.3. The molecule has 0 aliphatic heterocycles. The third kappa shape index (κ3) is 2.79. The Kier molecular flexibility index (Phi) is 4.29. The first kappa shape index (κ1) is 16.5. The van der Waals surface area contributed by atoms with Crippen molar-refractivity contribution in [2.24, 2.45) is 0 Å². The van der Waals surface area contributed by atoms with Crippen LogP contribution in [-0.2, 0) is 17.6 Å². The topological polar surface area (TPSA) is 61.2 Å². The first-order chi connectivity index (χ1) is 12.7. The van der Waals surface area contributed by atoms with E-state index >= 15 is 0 Å². The highest BCUT2D eigenvalue weighted by molar-refractivity contribution is 5.99. The fourth-order valence-electron chi connectivity index (χ4n) is 3.69. The molecule has 26 heavy (non-hydrogen) atoms. The van der Waals surface area contributed by atoms with E-state index in [1.165, 1.54) is 11.8 Å². The average Bonchev–Trinajstić information content (AvgIpc) is 3.02. The number of fused-ring (bicyclic) bond motifs is 3. The van der Waals surface area contributed by atoms with Gasteiger partial charge in [-0.2, -0.15) is 0 Å². The zero-order valence-electron chi connectivity index (χ0n) is 14.6. The number of rotatable bonds is 3. The molecule has 0 saturated heterocycles. The van der Waals surface area contributed by atoms with Crippen LogP contribution in [0.5, 0.6) is 0 Å². The van der Waals surface area contributed by atoms with Crippen molar-refractivity contribution in [2.75, 3.05) is 0 Å². The van der Waals surface area contributed by atoms with E-state index in [4.69, 9.17) is 4.74 Å². The van der Waals surface area contributed by atoms with Crippen molar-refractivity contribution in [3.05, 3.63) is 65.6 Å². The molecule has 1 unspecified atom stereocenters. The summed E-state index contributed by atoms with van der Waals surface area (Å²) in [5.41, 5.74) is 3.55. The summed E-state index contributed by atoms with van der Waals surface area (Å²) in [5, 5.41) is 1.13. The zero-order valence-corrected chi connectivity index (χ0v) is 14.6. The van der Waals surface area contributed by atoms with Gasteiger partial charge in [-0.3, -0.25) is 14.3 Å². The molecule has 0 bridgehead atoms. The zero-order chi connectivity index (χ0) is 18.1. The lowest BCUT2D eigenvalue weighted by atomic mass is 9.95. The summed E-state index contributed by atoms with van der Waals surface area (Å²) in [6.45, 7) is 1.63. The van der Waals surface area contributed by atoms with E-state index in [1.807, 2.05) is 18.2 Å². The Morgan fingerprint density at radius 2 is 1.92 bits per heavy atom. The SMILES string of the molecule is CC(OC(=O)c1cccnc1)C(=O)n1c2c(c3ccccc31)CCCC2. The Hall–Kier alpha value is -2.95. The molecule has 1 aromatic carbocycles. The molecular formula is C21H20N2O3. The molecule has 5 heteroatoms. The minimum Gasteiger partial charge on any atom is -0.449 e. The van der Waals surface area contributed by atoms with Crippen LogP contribution in [0.2, 0.25) is 0 Å². The summed E-state index contributed by atoms with van der Waals surface area (Å²) in [6, 6.07) is 11.2. The predicted molar refractivity (Wildman–Crippen MR) is 98.3 cm³/mol. The van der Waals surface area contributed by atoms with E-state index in [-0.39, 0.29) is 5.91 Å². The van der Waals surface area contributed by atoms with E-state index in [1.54, 1.807) is 29.8 Å². The van der Waals surface area contributed by atoms with E-state index in [0.717, 1.165) is 42.3 Å². The first-order valence-corrected chi connectivity index (χ1v) is 8.93. The van der Waals surface area contributed by atoms with Crippen molar-refractivity contribution >= 4 is 22.8 Å². The minimum atomic E-state index is -0.871. The van der Waals surface area contributed by atoms with Crippen molar-refractivity contribution in [1.29, 1.82) is 0 Å². The van der Waals surface area contributed by atoms with Crippen molar-refractivity contribution in [3.8, 4) is 0 Å². The molecule has 1 aliphatic carbocycles. The van der Waals surface area contributed by atoms with Crippen LogP contribution in [0.3, 0.4) is 0 Å². The molecule has 2 aromatic heterocycles. The Morgan fingerprint density at radius 3 is 2.73 bits per heavy atom. The van der Waals surface area contributed by atoms with Gasteiger partial charge in [0.1, 0.15) is 0 Å². The number of hydrogen-bond acceptors (Lipinski definition) is 4. The van der Waals surface area contributed by atoms with Gasteiger partial charge in [0.25, 0.3) is 5.91 Å². The number of aryl methyl sites for hydroxylation is 1. The number of carbonyl (C=O) groups is 2. The molecule has 4 rings (SSSR count). The number of pyridine rings is 1. The highest BCUT2D eigenvalue weighted by atomic mass is 16.5. The van der Waals surface area contributed by atoms with Gasteiger partial charge < -0.3 is 4.74 Å². The average molecular weight is 348 g/mol. The van der Waals surface area contributed by atoms with Gasteiger partial charge in [0, 0.05) is 23.5 Å². The van der Waals surface area contributed by atoms with Crippen LogP contribution in [0.1, 0.15) is 46.2 Å². The van der Waals surface area contributed by atoms with Gasteiger partial charge in [-0.15, -0.1) is 0 Å². The van der Waals surface area contributed by atoms with Crippen LogP contribution in [-0.4, -0.2) is 27.5 Å². The van der Waals surface area contributed by atoms with Crippen LogP contribution in [0, 0.1) is 0 Å². The largest absolute Gasteiger partial charge is 0.449 e. The lowest BCUT2D eigenvalue weighted by Crippen LogP contribution is -2.30. The number of hydrogen-bond donors (Lipinski definition) is 0. The number of para-hydroxylation sites is 1. The van der Waals surface area contributed by atoms with Crippen LogP contribution < -0.4 is 0 Å². The third-order valence-corrected chi connectivity index (χ3v) is 4.93. The van der Waals surface area contributed by atoms with Gasteiger partial charge in [-0.05, 0) is 56.4 Å². The molecule has 132 valence electrons. The van der Waals surface area contributed by atoms with E-state index in [0.29, 0.717) is 5.56 Å². The van der Waals surface area contributed by atoms with Gasteiger partial charge in [0.2, 0.25) is 0 Å². The van der Waals surface area contributed by atoms with Crippen LogP contribution in [0.4, 0.5) is 0 Å². The van der Waals surface area contributed by atoms with Crippen LogP contribution in [0.15, 0.2) is 48.8 Å². The number of ether oxygens (including phenoxy) is 1. The number of benzene rings is 1. The highest BCUT2D eigenvalue weighted by Gasteiger charge is 2.27. The molecule has 1 aliphatic rings. The lowest BCUT2D eigenvalue weighted by molar-refractivity contribution is 0.0284. The Labute approximate surface area is 151 Å². The number of carbonyl (C=O) groups excluding carboxylic acids is 2. The molecule has 0 N–H and O–H groups in total. The standard InChI is InChI=1S/C21H20N2O3/c1-14(26-21(25)15-7-6-12-22-13-15)20(24)23-18-10-4-2-8-16(18)17-9-3-5-11-19(17)23/h2,4,6-8,10,12-14H,3,5,9,11H2,1H3. The molecule has 2 heterocycles. The third-order valence-electron chi connectivity index (χ3n) is 4.93. The van der Waals surface area contributed by atoms with Gasteiger partial charge in [-0.25, -0.2) is 4.79 Å². The fraction of sp³-hybridized carbons (Fsp3) is 0.286. The van der Waals surface area contributed by atoms with Gasteiger partial charge in [0.15, 0.2) is 6.10 Å². The number of aromatic nitrogens is 2. The summed E-state index contributed by atoms with van der Waals surface area (Å²) < 4.78 is 7.17. The maximum absolute atomic E-state index is 13.1. The predicted octanol–water partition coefficient (Wildman–Crippen LogP) is 3.80. The summed E-state index contributed by atoms with van der Waals surface area (Å²) in [7, 11) is 0. The molecule has 0 amide bonds. The Bertz CT molecular complexity index is 976. The second-order valence-electron chi connectivity index (χ2n) is 6.61. The smallest absolute Gasteiger partial charge is 0.340 e. The highest BCUT2D eigenvalue weighted by Crippen LogP contribution is 2.32. The maximum Gasteiger partial charge on any atom is 0.340 e. The lowest BCUT2D eigenvalue weighted by Gasteiger charge is -2.18. The van der Waals surface area contributed by atoms with Gasteiger partial charge in [0.05, 0.1) is 11.1 Å². The van der Waals surface area contributed by atoms with E-state index in [9.17, 15) is 9.59 Å². The normalized spacial score (nSPS) is 14.7. The van der Waals surface area contributed by atoms with Gasteiger partial charge >= 0.3 is 5.97 Å². The molecule has 0 radical (unpaired) electrons. The van der Waals surface area contributed by atoms with Crippen LogP contribution >= 0.6 is 0 Å². The Morgan fingerprint density at radius 1 is 1.12 bits per heavy atom. The number of nitrogens with zero attached hydrogens (tertiary/aromatic N) is 2. The minimum absolute atomic E-state index is 0.207. The second kappa shape index (κ2) is 6.75. The first-order valence-electron chi connectivity index (χ1n) is 8.93. The van der Waals surface area contributed by atoms with Crippen molar-refractivity contribution < 1.29 is 14.3 Å². The Balaban J connectivity index is 1.67. The van der Waals surface area contributed by atoms with E-state index < -0.39 is 12.1 Å². The maximum atomic E-state index is 13.1. The van der Waals surface area contributed by atoms with Crippen molar-refractivity contribution in [1.82, 2.24) is 9.55 Å². The van der Waals surface area contributed by atoms with Crippen molar-refractivity contribution in [2.45, 2.75) is 38.7 Å². The second-order valence-corrected chi connectivity index (χ2v) is 6.61. The van der Waals surface area contributed by atoms with Crippen molar-refractivity contribution in [3.63, 3.8) is 0 Å². The molecule has 5 nitrogen and oxygen atoms in total. The molecule has 0 fully saturated rings. The van der Waals surface area contributed by atoms with E-state index in [2.05, 4.69) is 11.1 Å². The monoisotopic (exact) mass is 348 g/mol. The molecular weight excluding hydrogens is 328 g/mol. The molecule has 0 spiro atoms. The quantitative estimate of drug-likeness (QED) is 0.676. The summed E-state index contributed by atoms with van der Waals surface area (Å²) >= 11 is 0. The summed E-state index contributed by atoms with van der Waals surface area (Å²) in [6.07, 6.45) is 6.22. The van der Waals surface area contributed by atoms with Gasteiger partial charge in [-0.1, -0.05) is 18.2 Å². The molecule has 3 aromatic rings.